The Kier molecular flexibility index (Phi) is 5.00. The molecule has 0 unspecified atom stereocenters. The number of nitrogens with one attached hydrogen (secondary N) is 1. The van der Waals surface area contributed by atoms with E-state index in [1.165, 1.54) is 19.2 Å². The maximum absolute atomic E-state index is 12.4. The Bertz CT molecular complexity index is 837. The molecule has 2 rings (SSSR count). The van der Waals surface area contributed by atoms with Gasteiger partial charge in [-0.2, -0.15) is 0 Å². The number of nitrogens with zero attached hydrogens (tertiary/aromatic N) is 1. The van der Waals surface area contributed by atoms with Gasteiger partial charge in [0.15, 0.2) is 0 Å². The molecule has 0 spiro atoms. The summed E-state index contributed by atoms with van der Waals surface area (Å²) in [5, 5.41) is 22.8. The number of nitro benzene ring substituents is 1. The number of carbonyl (C=O) groups excluding carboxylic acids is 1. The van der Waals surface area contributed by atoms with E-state index in [0.29, 0.717) is 10.8 Å². The lowest BCUT2D eigenvalue weighted by Crippen LogP contribution is -2.17. The number of carbonyl (C=O) groups is 2. The average molecular weight is 351 g/mol. The Morgan fingerprint density at radius 2 is 1.92 bits per heavy atom. The van der Waals surface area contributed by atoms with Crippen molar-refractivity contribution in [3.63, 3.8) is 0 Å². The fourth-order valence-electron chi connectivity index (χ4n) is 1.99. The first-order valence-electron chi connectivity index (χ1n) is 6.50. The van der Waals surface area contributed by atoms with Crippen molar-refractivity contribution in [3.8, 4) is 5.75 Å². The van der Waals surface area contributed by atoms with Crippen LogP contribution in [0.2, 0.25) is 5.02 Å². The van der Waals surface area contributed by atoms with Crippen molar-refractivity contribution in [2.45, 2.75) is 0 Å². The lowest BCUT2D eigenvalue weighted by Gasteiger charge is -2.11. The second-order valence-electron chi connectivity index (χ2n) is 4.59. The quantitative estimate of drug-likeness (QED) is 0.631. The molecule has 0 radical (unpaired) electrons. The number of aromatic carboxylic acids is 1. The van der Waals surface area contributed by atoms with Crippen LogP contribution in [0.4, 0.5) is 11.4 Å². The molecule has 24 heavy (non-hydrogen) atoms. The van der Waals surface area contributed by atoms with Gasteiger partial charge in [-0.15, -0.1) is 0 Å². The molecular weight excluding hydrogens is 340 g/mol. The summed E-state index contributed by atoms with van der Waals surface area (Å²) in [5.74, 6) is -1.92. The number of carboxylic acid groups (broad SMARTS) is 1. The van der Waals surface area contributed by atoms with Gasteiger partial charge in [0.1, 0.15) is 5.75 Å². The smallest absolute Gasteiger partial charge is 0.336 e. The lowest BCUT2D eigenvalue weighted by atomic mass is 10.1. The van der Waals surface area contributed by atoms with E-state index in [9.17, 15) is 19.7 Å². The third kappa shape index (κ3) is 3.61. The Morgan fingerprint density at radius 1 is 1.21 bits per heavy atom. The van der Waals surface area contributed by atoms with Gasteiger partial charge in [0.05, 0.1) is 28.8 Å². The first kappa shape index (κ1) is 17.2. The van der Waals surface area contributed by atoms with Crippen LogP contribution < -0.4 is 10.1 Å². The van der Waals surface area contributed by atoms with Crippen molar-refractivity contribution < 1.29 is 24.4 Å². The van der Waals surface area contributed by atoms with Crippen LogP contribution in [0.1, 0.15) is 20.7 Å². The Balaban J connectivity index is 2.46. The molecule has 0 aromatic heterocycles. The molecule has 1 amide bonds. The third-order valence-electron chi connectivity index (χ3n) is 3.10. The van der Waals surface area contributed by atoms with E-state index in [1.807, 2.05) is 0 Å². The highest BCUT2D eigenvalue weighted by molar-refractivity contribution is 6.31. The van der Waals surface area contributed by atoms with Crippen molar-refractivity contribution >= 4 is 34.9 Å². The fourth-order valence-corrected chi connectivity index (χ4v) is 2.16. The van der Waals surface area contributed by atoms with E-state index < -0.39 is 22.5 Å². The highest BCUT2D eigenvalue weighted by atomic mass is 35.5. The fraction of sp³-hybridized carbons (Fsp3) is 0.0667. The van der Waals surface area contributed by atoms with E-state index in [4.69, 9.17) is 21.4 Å². The van der Waals surface area contributed by atoms with E-state index in [-0.39, 0.29) is 16.8 Å². The molecule has 8 nitrogen and oxygen atoms in total. The maximum Gasteiger partial charge on any atom is 0.336 e. The number of anilines is 1. The number of methoxy groups -OCH3 is 1. The van der Waals surface area contributed by atoms with Gasteiger partial charge in [-0.05, 0) is 24.3 Å². The molecule has 124 valence electrons. The van der Waals surface area contributed by atoms with Crippen molar-refractivity contribution in [2.24, 2.45) is 0 Å². The lowest BCUT2D eigenvalue weighted by molar-refractivity contribution is -0.384. The largest absolute Gasteiger partial charge is 0.495 e. The topological polar surface area (TPSA) is 119 Å². The number of nitro groups is 1. The molecule has 0 atom stereocenters. The summed E-state index contributed by atoms with van der Waals surface area (Å²) in [5.41, 5.74) is -0.904. The summed E-state index contributed by atoms with van der Waals surface area (Å²) >= 11 is 5.86. The SMILES string of the molecule is COc1ccc(Cl)cc1NC(=O)c1cc([N+](=O)[O-])ccc1C(=O)O. The summed E-state index contributed by atoms with van der Waals surface area (Å²) in [6, 6.07) is 7.40. The minimum absolute atomic E-state index is 0.206. The van der Waals surface area contributed by atoms with Gasteiger partial charge in [0, 0.05) is 17.2 Å². The summed E-state index contributed by atoms with van der Waals surface area (Å²) in [6.45, 7) is 0. The molecule has 0 fully saturated rings. The molecule has 2 N–H and O–H groups in total. The number of amides is 1. The number of hydrogen-bond donors (Lipinski definition) is 2. The standard InChI is InChI=1S/C15H11ClN2O6/c1-24-13-5-2-8(16)6-12(13)17-14(19)11-7-9(18(22)23)3-4-10(11)15(20)21/h2-7H,1H3,(H,17,19)(H,20,21). The van der Waals surface area contributed by atoms with Crippen LogP contribution >= 0.6 is 11.6 Å². The number of ether oxygens (including phenoxy) is 1. The van der Waals surface area contributed by atoms with E-state index >= 15 is 0 Å². The van der Waals surface area contributed by atoms with Crippen molar-refractivity contribution in [1.82, 2.24) is 0 Å². The predicted molar refractivity (Wildman–Crippen MR) is 86.0 cm³/mol. The van der Waals surface area contributed by atoms with Crippen molar-refractivity contribution in [3.05, 3.63) is 62.7 Å². The molecule has 0 bridgehead atoms. The molecular formula is C15H11ClN2O6. The van der Waals surface area contributed by atoms with E-state index in [0.717, 1.165) is 18.2 Å². The van der Waals surface area contributed by atoms with Crippen molar-refractivity contribution in [1.29, 1.82) is 0 Å². The molecule has 2 aromatic carbocycles. The zero-order valence-electron chi connectivity index (χ0n) is 12.3. The monoisotopic (exact) mass is 350 g/mol. The Labute approximate surface area is 140 Å². The van der Waals surface area contributed by atoms with Crippen LogP contribution in [0.15, 0.2) is 36.4 Å². The summed E-state index contributed by atoms with van der Waals surface area (Å²) in [6.07, 6.45) is 0. The first-order chi connectivity index (χ1) is 11.3. The number of halogens is 1. The predicted octanol–water partition coefficient (Wildman–Crippen LogP) is 3.21. The van der Waals surface area contributed by atoms with Crippen molar-refractivity contribution in [2.75, 3.05) is 12.4 Å². The Hall–Kier alpha value is -3.13. The zero-order valence-corrected chi connectivity index (χ0v) is 13.0. The highest BCUT2D eigenvalue weighted by Gasteiger charge is 2.21. The summed E-state index contributed by atoms with van der Waals surface area (Å²) in [7, 11) is 1.38. The Morgan fingerprint density at radius 3 is 2.50 bits per heavy atom. The number of hydrogen-bond acceptors (Lipinski definition) is 5. The first-order valence-corrected chi connectivity index (χ1v) is 6.88. The van der Waals surface area contributed by atoms with Crippen LogP contribution in [-0.4, -0.2) is 29.0 Å². The van der Waals surface area contributed by atoms with Crippen LogP contribution in [0.25, 0.3) is 0 Å². The molecule has 9 heteroatoms. The average Bonchev–Trinajstić information content (AvgIpc) is 2.54. The minimum Gasteiger partial charge on any atom is -0.495 e. The molecule has 2 aromatic rings. The van der Waals surface area contributed by atoms with Gasteiger partial charge in [-0.3, -0.25) is 14.9 Å². The van der Waals surface area contributed by atoms with Gasteiger partial charge in [-0.25, -0.2) is 4.79 Å². The van der Waals surface area contributed by atoms with Crippen LogP contribution in [0, 0.1) is 10.1 Å². The third-order valence-corrected chi connectivity index (χ3v) is 3.33. The molecule has 0 saturated carbocycles. The summed E-state index contributed by atoms with van der Waals surface area (Å²) < 4.78 is 5.08. The summed E-state index contributed by atoms with van der Waals surface area (Å²) in [4.78, 5) is 33.8. The normalized spacial score (nSPS) is 10.1. The van der Waals surface area contributed by atoms with Crippen LogP contribution in [0.3, 0.4) is 0 Å². The molecule has 0 heterocycles. The van der Waals surface area contributed by atoms with Gasteiger partial charge >= 0.3 is 5.97 Å². The van der Waals surface area contributed by atoms with Gasteiger partial charge in [0.2, 0.25) is 0 Å². The van der Waals surface area contributed by atoms with Gasteiger partial charge in [0.25, 0.3) is 11.6 Å². The molecule has 0 aliphatic carbocycles. The highest BCUT2D eigenvalue weighted by Crippen LogP contribution is 2.29. The number of benzene rings is 2. The molecule has 0 aliphatic heterocycles. The molecule has 0 saturated heterocycles. The minimum atomic E-state index is -1.38. The van der Waals surface area contributed by atoms with Crippen LogP contribution in [-0.2, 0) is 0 Å². The second kappa shape index (κ2) is 6.97. The van der Waals surface area contributed by atoms with E-state index in [1.54, 1.807) is 6.07 Å². The van der Waals surface area contributed by atoms with Gasteiger partial charge < -0.3 is 15.2 Å². The molecule has 0 aliphatic rings. The van der Waals surface area contributed by atoms with E-state index in [2.05, 4.69) is 5.32 Å². The number of non-ortho nitro benzene ring substituents is 1. The van der Waals surface area contributed by atoms with Crippen LogP contribution in [0.5, 0.6) is 5.75 Å². The number of rotatable bonds is 5. The second-order valence-corrected chi connectivity index (χ2v) is 5.03. The zero-order chi connectivity index (χ0) is 17.9. The van der Waals surface area contributed by atoms with Gasteiger partial charge in [-0.1, -0.05) is 11.6 Å². The number of carboxylic acids is 1. The maximum atomic E-state index is 12.4.